The molecule has 1 aromatic carbocycles. The second-order valence-corrected chi connectivity index (χ2v) is 9.84. The minimum Gasteiger partial charge on any atom is -0.338 e. The van der Waals surface area contributed by atoms with Crippen molar-refractivity contribution in [1.29, 1.82) is 0 Å². The van der Waals surface area contributed by atoms with Crippen LogP contribution in [0.3, 0.4) is 0 Å². The maximum Gasteiger partial charge on any atom is 0.234 e. The molecule has 11 heteroatoms. The molecule has 0 atom stereocenters. The summed E-state index contributed by atoms with van der Waals surface area (Å²) in [6.07, 6.45) is 3.70. The van der Waals surface area contributed by atoms with Crippen molar-refractivity contribution >= 4 is 41.1 Å². The van der Waals surface area contributed by atoms with E-state index in [4.69, 9.17) is 9.97 Å². The van der Waals surface area contributed by atoms with Crippen LogP contribution in [0.5, 0.6) is 0 Å². The lowest BCUT2D eigenvalue weighted by molar-refractivity contribution is -0.114. The van der Waals surface area contributed by atoms with Gasteiger partial charge in [-0.2, -0.15) is 20.1 Å². The van der Waals surface area contributed by atoms with Crippen LogP contribution in [0.1, 0.15) is 37.8 Å². The van der Waals surface area contributed by atoms with Gasteiger partial charge in [0.25, 0.3) is 0 Å². The summed E-state index contributed by atoms with van der Waals surface area (Å²) in [5.41, 5.74) is 1.92. The fourth-order valence-corrected chi connectivity index (χ4v) is 4.70. The second kappa shape index (κ2) is 9.98. The second-order valence-electron chi connectivity index (χ2n) is 8.80. The highest BCUT2D eigenvalue weighted by Gasteiger charge is 2.22. The number of H-pyrrole nitrogens is 1. The van der Waals surface area contributed by atoms with Crippen molar-refractivity contribution in [2.24, 2.45) is 0 Å². The molecule has 1 aliphatic heterocycles. The predicted octanol–water partition coefficient (Wildman–Crippen LogP) is 3.47. The summed E-state index contributed by atoms with van der Waals surface area (Å²) in [5, 5.41) is 14.2. The lowest BCUT2D eigenvalue weighted by Crippen LogP contribution is -2.45. The molecule has 1 saturated carbocycles. The Morgan fingerprint density at radius 2 is 1.85 bits per heavy atom. The first-order valence-electron chi connectivity index (χ1n) is 11.6. The molecule has 0 radical (unpaired) electrons. The quantitative estimate of drug-likeness (QED) is 0.468. The Kier molecular flexibility index (Phi) is 6.63. The number of nitrogens with zero attached hydrogens (tertiary/aromatic N) is 6. The van der Waals surface area contributed by atoms with E-state index in [1.807, 2.05) is 24.3 Å². The number of piperazine rings is 1. The molecular weight excluding hydrogens is 450 g/mol. The molecule has 1 aliphatic carbocycles. The summed E-state index contributed by atoms with van der Waals surface area (Å²) in [5.74, 6) is 2.34. The first-order valence-corrected chi connectivity index (χ1v) is 12.4. The monoisotopic (exact) mass is 479 g/mol. The Balaban J connectivity index is 1.37. The molecule has 0 bridgehead atoms. The number of likely N-dealkylation sites (N-methyl/N-ethyl adjacent to an activating group) is 1. The van der Waals surface area contributed by atoms with E-state index in [2.05, 4.69) is 48.7 Å². The van der Waals surface area contributed by atoms with Crippen LogP contribution in [-0.4, -0.2) is 69.2 Å². The third kappa shape index (κ3) is 5.48. The molecule has 1 saturated heterocycles. The van der Waals surface area contributed by atoms with Gasteiger partial charge in [-0.3, -0.25) is 9.89 Å². The van der Waals surface area contributed by atoms with Crippen LogP contribution in [0, 0.1) is 0 Å². The number of anilines is 4. The maximum atomic E-state index is 11.3. The molecule has 34 heavy (non-hydrogen) atoms. The Morgan fingerprint density at radius 1 is 1.09 bits per heavy atom. The van der Waals surface area contributed by atoms with Gasteiger partial charge in [0.1, 0.15) is 0 Å². The Bertz CT molecular complexity index is 1140. The maximum absolute atomic E-state index is 11.3. The van der Waals surface area contributed by atoms with Crippen molar-refractivity contribution < 1.29 is 4.79 Å². The summed E-state index contributed by atoms with van der Waals surface area (Å²) in [4.78, 5) is 30.9. The van der Waals surface area contributed by atoms with Gasteiger partial charge in [0.2, 0.25) is 17.8 Å². The van der Waals surface area contributed by atoms with Crippen molar-refractivity contribution in [3.05, 3.63) is 36.0 Å². The summed E-state index contributed by atoms with van der Waals surface area (Å²) >= 11 is 1.46. The lowest BCUT2D eigenvalue weighted by Gasteiger charge is -2.32. The van der Waals surface area contributed by atoms with E-state index in [-0.39, 0.29) is 5.91 Å². The third-order valence-electron chi connectivity index (χ3n) is 6.16. The molecule has 10 nitrogen and oxygen atoms in total. The normalized spacial score (nSPS) is 16.8. The van der Waals surface area contributed by atoms with Gasteiger partial charge >= 0.3 is 0 Å². The standard InChI is InChI=1S/C23H29N9OS/c1-15(33)24-17-6-8-18(9-7-17)34-23-27-21(25-20-14-19(29-30-20)16-4-3-5-16)26-22(28-23)32-12-10-31(2)11-13-32/h6-9,14,16H,3-5,10-13H2,1-2H3,(H,24,33)(H2,25,26,27,28,29,30). The van der Waals surface area contributed by atoms with Crippen LogP contribution in [-0.2, 0) is 4.79 Å². The average Bonchev–Trinajstić information content (AvgIpc) is 3.21. The molecule has 2 aromatic heterocycles. The van der Waals surface area contributed by atoms with Gasteiger partial charge in [-0.05, 0) is 55.9 Å². The number of carbonyl (C=O) groups is 1. The van der Waals surface area contributed by atoms with Crippen LogP contribution in [0.25, 0.3) is 0 Å². The van der Waals surface area contributed by atoms with Crippen molar-refractivity contribution in [3.8, 4) is 0 Å². The van der Waals surface area contributed by atoms with Gasteiger partial charge in [0.05, 0.1) is 0 Å². The molecule has 178 valence electrons. The summed E-state index contributed by atoms with van der Waals surface area (Å²) in [6.45, 7) is 5.15. The Labute approximate surface area is 203 Å². The molecule has 2 aliphatic rings. The van der Waals surface area contributed by atoms with Crippen molar-refractivity contribution in [2.75, 3.05) is 48.8 Å². The summed E-state index contributed by atoms with van der Waals surface area (Å²) < 4.78 is 0. The Hall–Kier alpha value is -3.18. The fraction of sp³-hybridized carbons (Fsp3) is 0.435. The van der Waals surface area contributed by atoms with Crippen molar-refractivity contribution in [1.82, 2.24) is 30.0 Å². The highest BCUT2D eigenvalue weighted by atomic mass is 32.2. The number of hydrogen-bond acceptors (Lipinski definition) is 9. The smallest absolute Gasteiger partial charge is 0.234 e. The predicted molar refractivity (Wildman–Crippen MR) is 133 cm³/mol. The molecule has 3 N–H and O–H groups in total. The third-order valence-corrected chi connectivity index (χ3v) is 7.03. The van der Waals surface area contributed by atoms with Gasteiger partial charge in [0.15, 0.2) is 11.0 Å². The molecular formula is C23H29N9OS. The average molecular weight is 480 g/mol. The van der Waals surface area contributed by atoms with Gasteiger partial charge in [-0.15, -0.1) is 0 Å². The minimum atomic E-state index is -0.0933. The van der Waals surface area contributed by atoms with E-state index in [1.54, 1.807) is 0 Å². The molecule has 2 fully saturated rings. The highest BCUT2D eigenvalue weighted by molar-refractivity contribution is 7.99. The molecule has 3 heterocycles. The van der Waals surface area contributed by atoms with Crippen LogP contribution < -0.4 is 15.5 Å². The highest BCUT2D eigenvalue weighted by Crippen LogP contribution is 2.36. The number of nitrogens with one attached hydrogen (secondary N) is 3. The molecule has 1 amide bonds. The van der Waals surface area contributed by atoms with Gasteiger partial charge in [-0.25, -0.2) is 0 Å². The number of hydrogen-bond donors (Lipinski definition) is 3. The van der Waals surface area contributed by atoms with Crippen molar-refractivity contribution in [2.45, 2.75) is 42.2 Å². The van der Waals surface area contributed by atoms with Gasteiger partial charge in [0, 0.05) is 61.4 Å². The van der Waals surface area contributed by atoms with E-state index in [0.29, 0.717) is 28.8 Å². The van der Waals surface area contributed by atoms with Gasteiger partial charge < -0.3 is 20.4 Å². The SMILES string of the molecule is CC(=O)Nc1ccc(Sc2nc(Nc3cc(C4CCC4)[nH]n3)nc(N3CCN(C)CC3)n2)cc1. The first kappa shape index (κ1) is 22.6. The van der Waals surface area contributed by atoms with Crippen molar-refractivity contribution in [3.63, 3.8) is 0 Å². The number of rotatable bonds is 7. The lowest BCUT2D eigenvalue weighted by atomic mass is 9.83. The van der Waals surface area contributed by atoms with E-state index in [1.165, 1.54) is 37.9 Å². The number of benzene rings is 1. The molecule has 0 spiro atoms. The molecule has 5 rings (SSSR count). The molecule has 3 aromatic rings. The van der Waals surface area contributed by atoms with Gasteiger partial charge in [-0.1, -0.05) is 6.42 Å². The number of amides is 1. The fourth-order valence-electron chi connectivity index (χ4n) is 3.95. The zero-order valence-corrected chi connectivity index (χ0v) is 20.2. The zero-order chi connectivity index (χ0) is 23.5. The summed E-state index contributed by atoms with van der Waals surface area (Å²) in [6, 6.07) is 9.69. The van der Waals surface area contributed by atoms with E-state index >= 15 is 0 Å². The topological polar surface area (TPSA) is 115 Å². The first-order chi connectivity index (χ1) is 16.5. The number of carbonyl (C=O) groups excluding carboxylic acids is 1. The zero-order valence-electron chi connectivity index (χ0n) is 19.4. The minimum absolute atomic E-state index is 0.0933. The van der Waals surface area contributed by atoms with Crippen LogP contribution >= 0.6 is 11.8 Å². The van der Waals surface area contributed by atoms with E-state index in [9.17, 15) is 4.79 Å². The van der Waals surface area contributed by atoms with E-state index in [0.717, 1.165) is 42.5 Å². The molecule has 0 unspecified atom stereocenters. The number of aromatic nitrogens is 5. The largest absolute Gasteiger partial charge is 0.338 e. The van der Waals surface area contributed by atoms with Crippen LogP contribution in [0.2, 0.25) is 0 Å². The van der Waals surface area contributed by atoms with Crippen LogP contribution in [0.15, 0.2) is 40.4 Å². The number of aromatic amines is 1. The summed E-state index contributed by atoms with van der Waals surface area (Å²) in [7, 11) is 2.13. The van der Waals surface area contributed by atoms with E-state index < -0.39 is 0 Å². The Morgan fingerprint density at radius 3 is 2.53 bits per heavy atom. The van der Waals surface area contributed by atoms with Crippen LogP contribution in [0.4, 0.5) is 23.4 Å².